The van der Waals surface area contributed by atoms with Crippen molar-refractivity contribution in [3.63, 3.8) is 0 Å². The Morgan fingerprint density at radius 3 is 3.00 bits per heavy atom. The molecule has 0 radical (unpaired) electrons. The van der Waals surface area contributed by atoms with Crippen molar-refractivity contribution in [1.29, 1.82) is 0 Å². The van der Waals surface area contributed by atoms with Gasteiger partial charge in [-0.3, -0.25) is 0 Å². The summed E-state index contributed by atoms with van der Waals surface area (Å²) in [6, 6.07) is 9.40. The van der Waals surface area contributed by atoms with E-state index in [0.29, 0.717) is 12.5 Å². The van der Waals surface area contributed by atoms with Crippen LogP contribution in [0.2, 0.25) is 0 Å². The second-order valence-electron chi connectivity index (χ2n) is 5.70. The summed E-state index contributed by atoms with van der Waals surface area (Å²) in [5.74, 6) is 0.610. The Labute approximate surface area is 115 Å². The Kier molecular flexibility index (Phi) is 4.16. The number of nitrogens with one attached hydrogen (secondary N) is 1. The Hall–Kier alpha value is -0.900. The summed E-state index contributed by atoms with van der Waals surface area (Å²) in [5, 5.41) is 3.63. The monoisotopic (exact) mass is 261 g/mol. The van der Waals surface area contributed by atoms with Crippen LogP contribution in [0.5, 0.6) is 0 Å². The van der Waals surface area contributed by atoms with Gasteiger partial charge in [0.25, 0.3) is 0 Å². The maximum absolute atomic E-state index is 5.96. The summed E-state index contributed by atoms with van der Waals surface area (Å²) >= 11 is 0. The van der Waals surface area contributed by atoms with Gasteiger partial charge in [0.05, 0.1) is 12.7 Å². The first-order chi connectivity index (χ1) is 9.36. The van der Waals surface area contributed by atoms with Crippen molar-refractivity contribution in [2.24, 2.45) is 5.92 Å². The summed E-state index contributed by atoms with van der Waals surface area (Å²) in [5.41, 5.74) is 2.53. The fourth-order valence-electron chi connectivity index (χ4n) is 2.84. The van der Waals surface area contributed by atoms with E-state index in [1.807, 2.05) is 0 Å². The van der Waals surface area contributed by atoms with Crippen LogP contribution in [-0.4, -0.2) is 26.3 Å². The highest BCUT2D eigenvalue weighted by Crippen LogP contribution is 2.35. The average Bonchev–Trinajstić information content (AvgIpc) is 3.14. The van der Waals surface area contributed by atoms with Crippen LogP contribution >= 0.6 is 0 Å². The molecule has 19 heavy (non-hydrogen) atoms. The van der Waals surface area contributed by atoms with Crippen molar-refractivity contribution >= 4 is 0 Å². The first-order valence-electron chi connectivity index (χ1n) is 7.29. The van der Waals surface area contributed by atoms with Crippen molar-refractivity contribution < 1.29 is 9.47 Å². The normalized spacial score (nSPS) is 26.8. The van der Waals surface area contributed by atoms with Crippen LogP contribution in [0, 0.1) is 5.92 Å². The van der Waals surface area contributed by atoms with E-state index in [0.717, 1.165) is 19.2 Å². The molecule has 3 rings (SSSR count). The molecule has 0 bridgehead atoms. The molecule has 2 atom stereocenters. The van der Waals surface area contributed by atoms with Gasteiger partial charge >= 0.3 is 0 Å². The molecule has 2 unspecified atom stereocenters. The summed E-state index contributed by atoms with van der Waals surface area (Å²) in [6.07, 6.45) is 4.12. The predicted molar refractivity (Wildman–Crippen MR) is 75.0 cm³/mol. The van der Waals surface area contributed by atoms with Crippen LogP contribution in [0.4, 0.5) is 0 Å². The van der Waals surface area contributed by atoms with E-state index in [2.05, 4.69) is 29.6 Å². The maximum Gasteiger partial charge on any atom is 0.0866 e. The molecular formula is C16H23NO2. The zero-order valence-corrected chi connectivity index (χ0v) is 11.6. The van der Waals surface area contributed by atoms with E-state index in [-0.39, 0.29) is 6.10 Å². The average molecular weight is 261 g/mol. The van der Waals surface area contributed by atoms with Gasteiger partial charge in [-0.15, -0.1) is 0 Å². The Balaban J connectivity index is 1.66. The largest absolute Gasteiger partial charge is 0.380 e. The standard InChI is InChI=1S/C16H23NO2/c1-18-11-12-3-2-4-13(9-12)16-14(7-8-19-16)10-17-15-5-6-15/h2-4,9,14-17H,5-8,10-11H2,1H3. The predicted octanol–water partition coefficient (Wildman–Crippen LogP) is 2.66. The third kappa shape index (κ3) is 3.35. The van der Waals surface area contributed by atoms with E-state index >= 15 is 0 Å². The van der Waals surface area contributed by atoms with Crippen LogP contribution in [-0.2, 0) is 16.1 Å². The fraction of sp³-hybridized carbons (Fsp3) is 0.625. The number of benzene rings is 1. The molecule has 2 aliphatic rings. The van der Waals surface area contributed by atoms with Gasteiger partial charge in [0.15, 0.2) is 0 Å². The smallest absolute Gasteiger partial charge is 0.0866 e. The quantitative estimate of drug-likeness (QED) is 0.854. The minimum atomic E-state index is 0.253. The summed E-state index contributed by atoms with van der Waals surface area (Å²) in [4.78, 5) is 0. The fourth-order valence-corrected chi connectivity index (χ4v) is 2.84. The zero-order chi connectivity index (χ0) is 13.1. The molecule has 0 amide bonds. The molecule has 2 fully saturated rings. The molecule has 1 aliphatic heterocycles. The molecule has 1 aliphatic carbocycles. The molecule has 3 nitrogen and oxygen atoms in total. The highest BCUT2D eigenvalue weighted by Gasteiger charge is 2.31. The third-order valence-electron chi connectivity index (χ3n) is 4.05. The van der Waals surface area contributed by atoms with Crippen molar-refractivity contribution in [2.75, 3.05) is 20.3 Å². The van der Waals surface area contributed by atoms with Gasteiger partial charge in [-0.05, 0) is 30.4 Å². The summed E-state index contributed by atoms with van der Waals surface area (Å²) in [7, 11) is 1.74. The highest BCUT2D eigenvalue weighted by atomic mass is 16.5. The number of hydrogen-bond acceptors (Lipinski definition) is 3. The molecule has 0 spiro atoms. The van der Waals surface area contributed by atoms with Gasteiger partial charge in [-0.1, -0.05) is 24.3 Å². The maximum atomic E-state index is 5.96. The second kappa shape index (κ2) is 6.04. The second-order valence-corrected chi connectivity index (χ2v) is 5.70. The van der Waals surface area contributed by atoms with E-state index in [1.54, 1.807) is 7.11 Å². The molecule has 3 heteroatoms. The van der Waals surface area contributed by atoms with Crippen LogP contribution in [0.1, 0.15) is 36.5 Å². The van der Waals surface area contributed by atoms with Crippen LogP contribution < -0.4 is 5.32 Å². The van der Waals surface area contributed by atoms with E-state index in [9.17, 15) is 0 Å². The SMILES string of the molecule is COCc1cccc(C2OCCC2CNC2CC2)c1. The van der Waals surface area contributed by atoms with Crippen molar-refractivity contribution in [2.45, 2.75) is 38.0 Å². The van der Waals surface area contributed by atoms with Gasteiger partial charge < -0.3 is 14.8 Å². The van der Waals surface area contributed by atoms with Gasteiger partial charge in [-0.25, -0.2) is 0 Å². The van der Waals surface area contributed by atoms with E-state index in [4.69, 9.17) is 9.47 Å². The van der Waals surface area contributed by atoms with Gasteiger partial charge in [0.2, 0.25) is 0 Å². The Morgan fingerprint density at radius 1 is 1.32 bits per heavy atom. The third-order valence-corrected chi connectivity index (χ3v) is 4.05. The molecule has 1 saturated heterocycles. The summed E-state index contributed by atoms with van der Waals surface area (Å²) in [6.45, 7) is 2.64. The lowest BCUT2D eigenvalue weighted by Gasteiger charge is -2.20. The van der Waals surface area contributed by atoms with E-state index < -0.39 is 0 Å². The zero-order valence-electron chi connectivity index (χ0n) is 11.6. The number of ether oxygens (including phenoxy) is 2. The van der Waals surface area contributed by atoms with Crippen molar-refractivity contribution in [1.82, 2.24) is 5.32 Å². The first kappa shape index (κ1) is 13.1. The Bertz CT molecular complexity index is 417. The molecule has 0 aromatic heterocycles. The lowest BCUT2D eigenvalue weighted by molar-refractivity contribution is 0.0902. The highest BCUT2D eigenvalue weighted by molar-refractivity contribution is 5.26. The van der Waals surface area contributed by atoms with Crippen LogP contribution in [0.15, 0.2) is 24.3 Å². The van der Waals surface area contributed by atoms with Gasteiger partial charge in [0.1, 0.15) is 0 Å². The minimum Gasteiger partial charge on any atom is -0.380 e. The topological polar surface area (TPSA) is 30.5 Å². The Morgan fingerprint density at radius 2 is 2.21 bits per heavy atom. The van der Waals surface area contributed by atoms with Gasteiger partial charge in [-0.2, -0.15) is 0 Å². The molecule has 1 heterocycles. The van der Waals surface area contributed by atoms with Crippen LogP contribution in [0.3, 0.4) is 0 Å². The number of methoxy groups -OCH3 is 1. The number of hydrogen-bond donors (Lipinski definition) is 1. The van der Waals surface area contributed by atoms with Crippen molar-refractivity contribution in [3.8, 4) is 0 Å². The lowest BCUT2D eigenvalue weighted by atomic mass is 9.94. The molecule has 1 N–H and O–H groups in total. The lowest BCUT2D eigenvalue weighted by Crippen LogP contribution is -2.26. The van der Waals surface area contributed by atoms with Gasteiger partial charge in [0, 0.05) is 32.2 Å². The molecular weight excluding hydrogens is 238 g/mol. The van der Waals surface area contributed by atoms with Crippen molar-refractivity contribution in [3.05, 3.63) is 35.4 Å². The number of rotatable bonds is 6. The summed E-state index contributed by atoms with van der Waals surface area (Å²) < 4.78 is 11.2. The first-order valence-corrected chi connectivity index (χ1v) is 7.29. The molecule has 1 aromatic rings. The minimum absolute atomic E-state index is 0.253. The van der Waals surface area contributed by atoms with Crippen LogP contribution in [0.25, 0.3) is 0 Å². The van der Waals surface area contributed by atoms with E-state index in [1.165, 1.54) is 30.4 Å². The molecule has 1 aromatic carbocycles. The molecule has 1 saturated carbocycles. The molecule has 104 valence electrons.